The molecule has 2 aromatic rings. The highest BCUT2D eigenvalue weighted by molar-refractivity contribution is 6.30. The minimum Gasteiger partial charge on any atom is -0.476 e. The zero-order valence-corrected chi connectivity index (χ0v) is 8.38. The summed E-state index contributed by atoms with van der Waals surface area (Å²) in [4.78, 5) is 20.7. The first-order valence-corrected chi connectivity index (χ1v) is 4.43. The monoisotopic (exact) mass is 241 g/mol. The number of rotatable bonds is 2. The van der Waals surface area contributed by atoms with E-state index >= 15 is 0 Å². The fourth-order valence-corrected chi connectivity index (χ4v) is 1.49. The van der Waals surface area contributed by atoms with Crippen molar-refractivity contribution in [2.75, 3.05) is 0 Å². The van der Waals surface area contributed by atoms with Gasteiger partial charge in [-0.2, -0.15) is 5.10 Å². The van der Waals surface area contributed by atoms with Crippen LogP contribution in [0.3, 0.4) is 0 Å². The number of pyridine rings is 1. The van der Waals surface area contributed by atoms with Crippen LogP contribution in [0.15, 0.2) is 18.3 Å². The predicted octanol–water partition coefficient (Wildman–Crippen LogP) is 1.59. The molecule has 2 heterocycles. The molecule has 16 heavy (non-hydrogen) atoms. The minimum absolute atomic E-state index is 0.0896. The summed E-state index contributed by atoms with van der Waals surface area (Å²) >= 11 is 5.64. The Balaban J connectivity index is 2.80. The second kappa shape index (κ2) is 3.46. The minimum atomic E-state index is -1.26. The lowest BCUT2D eigenvalue weighted by molar-refractivity contribution is -0.383. The number of nitro groups is 1. The summed E-state index contributed by atoms with van der Waals surface area (Å²) in [5.41, 5.74) is -0.468. The average Bonchev–Trinajstić information content (AvgIpc) is 2.59. The summed E-state index contributed by atoms with van der Waals surface area (Å²) in [5.74, 6) is -1.26. The van der Waals surface area contributed by atoms with Crippen molar-refractivity contribution in [3.8, 4) is 0 Å². The lowest BCUT2D eigenvalue weighted by Gasteiger charge is -1.96. The molecule has 0 aliphatic carbocycles. The van der Waals surface area contributed by atoms with Crippen molar-refractivity contribution in [2.24, 2.45) is 0 Å². The van der Waals surface area contributed by atoms with E-state index in [4.69, 9.17) is 16.7 Å². The molecule has 2 aromatic heterocycles. The molecular weight excluding hydrogens is 238 g/mol. The van der Waals surface area contributed by atoms with Gasteiger partial charge in [0.2, 0.25) is 0 Å². The zero-order chi connectivity index (χ0) is 11.9. The number of nitrogens with zero attached hydrogens (tertiary/aromatic N) is 3. The number of carboxylic acid groups (broad SMARTS) is 1. The molecule has 1 N–H and O–H groups in total. The van der Waals surface area contributed by atoms with E-state index in [1.807, 2.05) is 0 Å². The first kappa shape index (κ1) is 10.4. The van der Waals surface area contributed by atoms with Gasteiger partial charge in [-0.15, -0.1) is 0 Å². The summed E-state index contributed by atoms with van der Waals surface area (Å²) in [6, 6.07) is 2.26. The van der Waals surface area contributed by atoms with Crippen LogP contribution in [0.2, 0.25) is 5.02 Å². The third-order valence-corrected chi connectivity index (χ3v) is 2.14. The highest BCUT2D eigenvalue weighted by atomic mass is 35.5. The standard InChI is InChI=1S/C8H4ClN3O4/c9-4-1-7(12(15)16)6-2-5(8(13)14)10-11(6)3-4/h1-3H,(H,13,14). The topological polar surface area (TPSA) is 97.7 Å². The third kappa shape index (κ3) is 1.57. The fraction of sp³-hybridized carbons (Fsp3) is 0. The van der Waals surface area contributed by atoms with E-state index in [1.165, 1.54) is 6.20 Å². The van der Waals surface area contributed by atoms with Gasteiger partial charge in [-0.3, -0.25) is 10.1 Å². The Bertz CT molecular complexity index is 607. The third-order valence-electron chi connectivity index (χ3n) is 1.93. The van der Waals surface area contributed by atoms with Crippen LogP contribution in [0.5, 0.6) is 0 Å². The van der Waals surface area contributed by atoms with Crippen LogP contribution >= 0.6 is 11.6 Å². The number of hydrogen-bond acceptors (Lipinski definition) is 4. The van der Waals surface area contributed by atoms with Crippen LogP contribution < -0.4 is 0 Å². The van der Waals surface area contributed by atoms with Crippen LogP contribution in [-0.2, 0) is 0 Å². The second-order valence-corrected chi connectivity index (χ2v) is 3.40. The van der Waals surface area contributed by atoms with Crippen molar-refractivity contribution in [1.82, 2.24) is 9.61 Å². The van der Waals surface area contributed by atoms with Gasteiger partial charge in [-0.25, -0.2) is 9.31 Å². The molecule has 0 unspecified atom stereocenters. The van der Waals surface area contributed by atoms with Crippen molar-refractivity contribution in [2.45, 2.75) is 0 Å². The van der Waals surface area contributed by atoms with E-state index < -0.39 is 10.9 Å². The first-order valence-electron chi connectivity index (χ1n) is 4.05. The lowest BCUT2D eigenvalue weighted by atomic mass is 10.3. The molecule has 0 atom stereocenters. The van der Waals surface area contributed by atoms with Crippen molar-refractivity contribution in [3.05, 3.63) is 39.2 Å². The average molecular weight is 242 g/mol. The Labute approximate surface area is 93.0 Å². The van der Waals surface area contributed by atoms with Gasteiger partial charge in [-0.1, -0.05) is 11.6 Å². The van der Waals surface area contributed by atoms with Gasteiger partial charge in [0, 0.05) is 18.3 Å². The summed E-state index contributed by atoms with van der Waals surface area (Å²) in [6.45, 7) is 0. The summed E-state index contributed by atoms with van der Waals surface area (Å²) < 4.78 is 1.07. The highest BCUT2D eigenvalue weighted by Gasteiger charge is 2.18. The fourth-order valence-electron chi connectivity index (χ4n) is 1.29. The second-order valence-electron chi connectivity index (χ2n) is 2.97. The van der Waals surface area contributed by atoms with Crippen molar-refractivity contribution < 1.29 is 14.8 Å². The van der Waals surface area contributed by atoms with Crippen LogP contribution in [-0.4, -0.2) is 25.6 Å². The van der Waals surface area contributed by atoms with Crippen LogP contribution in [0.1, 0.15) is 10.5 Å². The molecule has 0 fully saturated rings. The molecule has 0 radical (unpaired) electrons. The van der Waals surface area contributed by atoms with E-state index in [9.17, 15) is 14.9 Å². The van der Waals surface area contributed by atoms with E-state index in [-0.39, 0.29) is 21.9 Å². The van der Waals surface area contributed by atoms with E-state index in [0.717, 1.165) is 16.6 Å². The molecule has 0 spiro atoms. The number of halogens is 1. The predicted molar refractivity (Wildman–Crippen MR) is 53.8 cm³/mol. The maximum Gasteiger partial charge on any atom is 0.356 e. The van der Waals surface area contributed by atoms with Gasteiger partial charge in [0.25, 0.3) is 5.69 Å². The molecular formula is C8H4ClN3O4. The number of fused-ring (bicyclic) bond motifs is 1. The largest absolute Gasteiger partial charge is 0.476 e. The quantitative estimate of drug-likeness (QED) is 0.636. The molecule has 0 saturated heterocycles. The molecule has 0 amide bonds. The summed E-state index contributed by atoms with van der Waals surface area (Å²) in [6.07, 6.45) is 1.30. The molecule has 0 aliphatic rings. The molecule has 0 aromatic carbocycles. The first-order chi connectivity index (χ1) is 7.49. The lowest BCUT2D eigenvalue weighted by Crippen LogP contribution is -1.97. The number of hydrogen-bond donors (Lipinski definition) is 1. The van der Waals surface area contributed by atoms with E-state index in [1.54, 1.807) is 0 Å². The number of carboxylic acids is 1. The Morgan fingerprint density at radius 3 is 2.81 bits per heavy atom. The number of carbonyl (C=O) groups is 1. The van der Waals surface area contributed by atoms with E-state index in [0.29, 0.717) is 0 Å². The Morgan fingerprint density at radius 1 is 1.56 bits per heavy atom. The molecule has 2 rings (SSSR count). The van der Waals surface area contributed by atoms with Crippen LogP contribution in [0.4, 0.5) is 5.69 Å². The molecule has 7 nitrogen and oxygen atoms in total. The molecule has 0 bridgehead atoms. The maximum atomic E-state index is 10.7. The van der Waals surface area contributed by atoms with Gasteiger partial charge in [-0.05, 0) is 0 Å². The van der Waals surface area contributed by atoms with Crippen molar-refractivity contribution >= 4 is 28.8 Å². The van der Waals surface area contributed by atoms with Gasteiger partial charge in [0.15, 0.2) is 5.69 Å². The normalized spacial score (nSPS) is 10.6. The smallest absolute Gasteiger partial charge is 0.356 e. The van der Waals surface area contributed by atoms with Crippen LogP contribution in [0.25, 0.3) is 5.52 Å². The maximum absolute atomic E-state index is 10.7. The molecule has 0 saturated carbocycles. The van der Waals surface area contributed by atoms with Crippen molar-refractivity contribution in [3.63, 3.8) is 0 Å². The van der Waals surface area contributed by atoms with Gasteiger partial charge in [0.05, 0.1) is 9.95 Å². The Kier molecular flexibility index (Phi) is 2.24. The van der Waals surface area contributed by atoms with Crippen LogP contribution in [0, 0.1) is 10.1 Å². The molecule has 82 valence electrons. The number of aromatic nitrogens is 2. The summed E-state index contributed by atoms with van der Waals surface area (Å²) in [5, 5.41) is 23.2. The van der Waals surface area contributed by atoms with Gasteiger partial charge >= 0.3 is 5.97 Å². The zero-order valence-electron chi connectivity index (χ0n) is 7.62. The van der Waals surface area contributed by atoms with Crippen molar-refractivity contribution in [1.29, 1.82) is 0 Å². The Morgan fingerprint density at radius 2 is 2.25 bits per heavy atom. The molecule has 8 heteroatoms. The van der Waals surface area contributed by atoms with Gasteiger partial charge < -0.3 is 5.11 Å². The SMILES string of the molecule is O=C(O)c1cc2c([N+](=O)[O-])cc(Cl)cn2n1. The molecule has 0 aliphatic heterocycles. The highest BCUT2D eigenvalue weighted by Crippen LogP contribution is 2.24. The summed E-state index contributed by atoms with van der Waals surface area (Å²) in [7, 11) is 0. The Hall–Kier alpha value is -2.15. The van der Waals surface area contributed by atoms with E-state index in [2.05, 4.69) is 5.10 Å². The van der Waals surface area contributed by atoms with Gasteiger partial charge in [0.1, 0.15) is 5.52 Å². The number of aromatic carboxylic acids is 1.